The molecule has 1 aliphatic heterocycles. The second-order valence-electron chi connectivity index (χ2n) is 8.07. The van der Waals surface area contributed by atoms with E-state index in [-0.39, 0.29) is 25.4 Å². The summed E-state index contributed by atoms with van der Waals surface area (Å²) >= 11 is 0. The molecular formula is C26H23NO7. The minimum Gasteiger partial charge on any atom is -0.467 e. The first-order valence-electron chi connectivity index (χ1n) is 10.8. The lowest BCUT2D eigenvalue weighted by Crippen LogP contribution is -2.27. The molecule has 1 saturated heterocycles. The monoisotopic (exact) mass is 461 g/mol. The fourth-order valence-electron chi connectivity index (χ4n) is 3.58. The van der Waals surface area contributed by atoms with Gasteiger partial charge in [0.15, 0.2) is 12.4 Å². The molecule has 1 aliphatic rings. The van der Waals surface area contributed by atoms with E-state index in [9.17, 15) is 19.2 Å². The van der Waals surface area contributed by atoms with E-state index in [2.05, 4.69) is 0 Å². The molecule has 4 rings (SSSR count). The molecule has 1 aromatic heterocycles. The van der Waals surface area contributed by atoms with Gasteiger partial charge in [0, 0.05) is 18.5 Å². The predicted octanol–water partition coefficient (Wildman–Crippen LogP) is 3.58. The maximum Gasteiger partial charge on any atom is 0.343 e. The predicted molar refractivity (Wildman–Crippen MR) is 120 cm³/mol. The summed E-state index contributed by atoms with van der Waals surface area (Å²) in [6.45, 7) is 1.99. The number of ketones is 1. The fourth-order valence-corrected chi connectivity index (χ4v) is 3.58. The van der Waals surface area contributed by atoms with E-state index in [1.807, 2.05) is 19.1 Å². The number of likely N-dealkylation sites (tertiary alicyclic amines) is 1. The number of esters is 2. The van der Waals surface area contributed by atoms with Gasteiger partial charge in [0.05, 0.1) is 24.3 Å². The highest BCUT2D eigenvalue weighted by Crippen LogP contribution is 2.22. The van der Waals surface area contributed by atoms with Crippen LogP contribution in [0.5, 0.6) is 5.75 Å². The molecule has 1 amide bonds. The first kappa shape index (κ1) is 23.0. The largest absolute Gasteiger partial charge is 0.467 e. The van der Waals surface area contributed by atoms with Crippen LogP contribution in [0.2, 0.25) is 0 Å². The van der Waals surface area contributed by atoms with Crippen LogP contribution in [-0.2, 0) is 20.9 Å². The van der Waals surface area contributed by atoms with Crippen molar-refractivity contribution in [1.29, 1.82) is 0 Å². The summed E-state index contributed by atoms with van der Waals surface area (Å²) in [6.07, 6.45) is 1.56. The third-order valence-electron chi connectivity index (χ3n) is 5.49. The van der Waals surface area contributed by atoms with E-state index in [4.69, 9.17) is 13.9 Å². The van der Waals surface area contributed by atoms with E-state index >= 15 is 0 Å². The van der Waals surface area contributed by atoms with Gasteiger partial charge in [-0.2, -0.15) is 0 Å². The Balaban J connectivity index is 1.26. The normalized spacial score (nSPS) is 15.3. The zero-order valence-corrected chi connectivity index (χ0v) is 18.6. The molecule has 174 valence electrons. The van der Waals surface area contributed by atoms with Crippen molar-refractivity contribution in [2.45, 2.75) is 19.9 Å². The zero-order valence-electron chi connectivity index (χ0n) is 18.6. The quantitative estimate of drug-likeness (QED) is 0.287. The number of benzene rings is 2. The lowest BCUT2D eigenvalue weighted by Gasteiger charge is -2.14. The molecule has 8 heteroatoms. The van der Waals surface area contributed by atoms with Crippen LogP contribution in [0.1, 0.15) is 38.5 Å². The van der Waals surface area contributed by atoms with Crippen LogP contribution >= 0.6 is 0 Å². The molecule has 0 radical (unpaired) electrons. The standard InChI is InChI=1S/C26H23NO7/c1-17-4-6-19(7-5-17)26(31)34-21-10-8-18(9-11-21)23(28)16-33-25(30)20-13-24(29)27(14-20)15-22-3-2-12-32-22/h2-12,20H,13-16H2,1H3/t20-/m1/s1. The van der Waals surface area contributed by atoms with Gasteiger partial charge in [0.1, 0.15) is 11.5 Å². The number of hydrogen-bond acceptors (Lipinski definition) is 7. The van der Waals surface area contributed by atoms with Gasteiger partial charge in [0.25, 0.3) is 0 Å². The van der Waals surface area contributed by atoms with Crippen molar-refractivity contribution in [2.75, 3.05) is 13.2 Å². The van der Waals surface area contributed by atoms with Crippen molar-refractivity contribution in [3.63, 3.8) is 0 Å². The second kappa shape index (κ2) is 10.2. The van der Waals surface area contributed by atoms with E-state index in [0.29, 0.717) is 22.6 Å². The first-order valence-corrected chi connectivity index (χ1v) is 10.8. The first-order chi connectivity index (χ1) is 16.4. The molecule has 8 nitrogen and oxygen atoms in total. The minimum absolute atomic E-state index is 0.0365. The molecule has 2 aromatic carbocycles. The number of nitrogens with zero attached hydrogens (tertiary/aromatic N) is 1. The number of Topliss-reactive ketones (excluding diaryl/α,β-unsaturated/α-hetero) is 1. The molecular weight excluding hydrogens is 438 g/mol. The Kier molecular flexibility index (Phi) is 6.87. The summed E-state index contributed by atoms with van der Waals surface area (Å²) in [5.74, 6) is -1.36. The van der Waals surface area contributed by atoms with E-state index in [0.717, 1.165) is 5.56 Å². The van der Waals surface area contributed by atoms with Gasteiger partial charge in [-0.25, -0.2) is 4.79 Å². The number of ether oxygens (including phenoxy) is 2. The summed E-state index contributed by atoms with van der Waals surface area (Å²) in [5.41, 5.74) is 1.77. The summed E-state index contributed by atoms with van der Waals surface area (Å²) in [6, 6.07) is 16.5. The number of furan rings is 1. The molecule has 34 heavy (non-hydrogen) atoms. The van der Waals surface area contributed by atoms with Gasteiger partial charge in [-0.05, 0) is 55.5 Å². The van der Waals surface area contributed by atoms with Crippen LogP contribution in [0, 0.1) is 12.8 Å². The Hall–Kier alpha value is -4.20. The summed E-state index contributed by atoms with van der Waals surface area (Å²) in [4.78, 5) is 50.7. The zero-order chi connectivity index (χ0) is 24.1. The fraction of sp³-hybridized carbons (Fsp3) is 0.231. The smallest absolute Gasteiger partial charge is 0.343 e. The number of aryl methyl sites for hydroxylation is 1. The highest BCUT2D eigenvalue weighted by atomic mass is 16.5. The number of carbonyl (C=O) groups is 4. The molecule has 1 atom stereocenters. The molecule has 0 aliphatic carbocycles. The lowest BCUT2D eigenvalue weighted by molar-refractivity contribution is -0.147. The van der Waals surface area contributed by atoms with Gasteiger partial charge in [-0.1, -0.05) is 17.7 Å². The maximum absolute atomic E-state index is 12.4. The van der Waals surface area contributed by atoms with E-state index in [1.165, 1.54) is 35.4 Å². The Labute approximate surface area is 196 Å². The Bertz CT molecular complexity index is 1180. The van der Waals surface area contributed by atoms with E-state index < -0.39 is 30.2 Å². The van der Waals surface area contributed by atoms with Crippen LogP contribution in [0.15, 0.2) is 71.3 Å². The van der Waals surface area contributed by atoms with Gasteiger partial charge < -0.3 is 18.8 Å². The Morgan fingerprint density at radius 3 is 2.38 bits per heavy atom. The number of hydrogen-bond donors (Lipinski definition) is 0. The summed E-state index contributed by atoms with van der Waals surface area (Å²) < 4.78 is 15.7. The van der Waals surface area contributed by atoms with Crippen molar-refractivity contribution < 1.29 is 33.1 Å². The number of amides is 1. The lowest BCUT2D eigenvalue weighted by atomic mass is 10.1. The molecule has 0 spiro atoms. The van der Waals surface area contributed by atoms with Crippen LogP contribution < -0.4 is 4.74 Å². The molecule has 1 fully saturated rings. The van der Waals surface area contributed by atoms with Crippen molar-refractivity contribution in [2.24, 2.45) is 5.92 Å². The summed E-state index contributed by atoms with van der Waals surface area (Å²) in [5, 5.41) is 0. The van der Waals surface area contributed by atoms with Gasteiger partial charge >= 0.3 is 11.9 Å². The molecule has 2 heterocycles. The van der Waals surface area contributed by atoms with Gasteiger partial charge in [-0.15, -0.1) is 0 Å². The van der Waals surface area contributed by atoms with Gasteiger partial charge in [-0.3, -0.25) is 14.4 Å². The maximum atomic E-state index is 12.4. The molecule has 3 aromatic rings. The van der Waals surface area contributed by atoms with Crippen molar-refractivity contribution in [1.82, 2.24) is 4.90 Å². The Morgan fingerprint density at radius 2 is 1.71 bits per heavy atom. The molecule has 0 N–H and O–H groups in total. The van der Waals surface area contributed by atoms with Crippen molar-refractivity contribution >= 4 is 23.6 Å². The van der Waals surface area contributed by atoms with Crippen LogP contribution in [-0.4, -0.2) is 41.7 Å². The third-order valence-corrected chi connectivity index (χ3v) is 5.49. The molecule has 0 saturated carbocycles. The van der Waals surface area contributed by atoms with E-state index in [1.54, 1.807) is 24.3 Å². The third kappa shape index (κ3) is 5.58. The second-order valence-corrected chi connectivity index (χ2v) is 8.07. The Morgan fingerprint density at radius 1 is 1.00 bits per heavy atom. The highest BCUT2D eigenvalue weighted by Gasteiger charge is 2.36. The van der Waals surface area contributed by atoms with Crippen molar-refractivity contribution in [3.05, 3.63) is 89.4 Å². The topological polar surface area (TPSA) is 103 Å². The average Bonchev–Trinajstić information content (AvgIpc) is 3.48. The average molecular weight is 461 g/mol. The van der Waals surface area contributed by atoms with Crippen LogP contribution in [0.3, 0.4) is 0 Å². The summed E-state index contributed by atoms with van der Waals surface area (Å²) in [7, 11) is 0. The van der Waals surface area contributed by atoms with Crippen LogP contribution in [0.25, 0.3) is 0 Å². The number of carbonyl (C=O) groups excluding carboxylic acids is 4. The minimum atomic E-state index is -0.626. The SMILES string of the molecule is Cc1ccc(C(=O)Oc2ccc(C(=O)COC(=O)[C@@H]3CC(=O)N(Cc4ccco4)C3)cc2)cc1. The molecule has 0 unspecified atom stereocenters. The molecule has 0 bridgehead atoms. The van der Waals surface area contributed by atoms with Crippen LogP contribution in [0.4, 0.5) is 0 Å². The van der Waals surface area contributed by atoms with Crippen molar-refractivity contribution in [3.8, 4) is 5.75 Å². The number of rotatable bonds is 8. The van der Waals surface area contributed by atoms with Gasteiger partial charge in [0.2, 0.25) is 5.91 Å². The highest BCUT2D eigenvalue weighted by molar-refractivity contribution is 5.98.